The fourth-order valence-corrected chi connectivity index (χ4v) is 3.68. The minimum absolute atomic E-state index is 0.141. The van der Waals surface area contributed by atoms with Crippen molar-refractivity contribution in [3.05, 3.63) is 90.0 Å². The van der Waals surface area contributed by atoms with Gasteiger partial charge in [-0.1, -0.05) is 74.5 Å². The van der Waals surface area contributed by atoms with Crippen LogP contribution < -0.4 is 20.1 Å². The second-order valence-electron chi connectivity index (χ2n) is 8.04. The maximum Gasteiger partial charge on any atom is 0.247 e. The maximum atomic E-state index is 13.5. The van der Waals surface area contributed by atoms with E-state index in [1.165, 1.54) is 7.11 Å². The van der Waals surface area contributed by atoms with E-state index in [2.05, 4.69) is 10.6 Å². The molecule has 0 saturated heterocycles. The lowest BCUT2D eigenvalue weighted by Gasteiger charge is -2.25. The predicted octanol–water partition coefficient (Wildman–Crippen LogP) is 4.62. The zero-order valence-corrected chi connectivity index (χ0v) is 19.4. The summed E-state index contributed by atoms with van der Waals surface area (Å²) in [4.78, 5) is 26.7. The SMILES string of the molecule is COc1ccc(OC)c(NC(=O)[C@@H](NC(=O)C(c2ccccc2)c2ccccc2)C(C)C)c1. The summed E-state index contributed by atoms with van der Waals surface area (Å²) in [5.74, 6) is -0.150. The Morgan fingerprint density at radius 3 is 1.82 bits per heavy atom. The molecule has 1 atom stereocenters. The average molecular weight is 447 g/mol. The maximum absolute atomic E-state index is 13.5. The van der Waals surface area contributed by atoms with E-state index in [4.69, 9.17) is 9.47 Å². The van der Waals surface area contributed by atoms with E-state index >= 15 is 0 Å². The first kappa shape index (κ1) is 23.9. The summed E-state index contributed by atoms with van der Waals surface area (Å²) in [6.45, 7) is 3.79. The molecule has 0 heterocycles. The number of hydrogen-bond acceptors (Lipinski definition) is 4. The molecule has 3 aromatic carbocycles. The molecule has 33 heavy (non-hydrogen) atoms. The Labute approximate surface area is 194 Å². The zero-order chi connectivity index (χ0) is 23.8. The van der Waals surface area contributed by atoms with Gasteiger partial charge in [-0.2, -0.15) is 0 Å². The number of methoxy groups -OCH3 is 2. The van der Waals surface area contributed by atoms with Crippen LogP contribution >= 0.6 is 0 Å². The zero-order valence-electron chi connectivity index (χ0n) is 19.4. The van der Waals surface area contributed by atoms with E-state index in [1.54, 1.807) is 25.3 Å². The first-order valence-corrected chi connectivity index (χ1v) is 10.9. The number of carbonyl (C=O) groups excluding carboxylic acids is 2. The Bertz CT molecular complexity index is 1030. The summed E-state index contributed by atoms with van der Waals surface area (Å²) < 4.78 is 10.6. The highest BCUT2D eigenvalue weighted by molar-refractivity contribution is 5.99. The molecule has 0 aromatic heterocycles. The second kappa shape index (κ2) is 11.2. The van der Waals surface area contributed by atoms with Gasteiger partial charge in [-0.05, 0) is 29.2 Å². The first-order valence-electron chi connectivity index (χ1n) is 10.9. The van der Waals surface area contributed by atoms with Gasteiger partial charge in [0.1, 0.15) is 17.5 Å². The number of rotatable bonds is 9. The van der Waals surface area contributed by atoms with Gasteiger partial charge in [0.05, 0.1) is 25.8 Å². The lowest BCUT2D eigenvalue weighted by atomic mass is 9.89. The Morgan fingerprint density at radius 1 is 0.758 bits per heavy atom. The number of hydrogen-bond donors (Lipinski definition) is 2. The number of benzene rings is 3. The minimum Gasteiger partial charge on any atom is -0.497 e. The predicted molar refractivity (Wildman–Crippen MR) is 130 cm³/mol. The number of anilines is 1. The van der Waals surface area contributed by atoms with Crippen LogP contribution in [0.15, 0.2) is 78.9 Å². The highest BCUT2D eigenvalue weighted by Gasteiger charge is 2.30. The van der Waals surface area contributed by atoms with E-state index in [1.807, 2.05) is 74.5 Å². The topological polar surface area (TPSA) is 76.7 Å². The molecule has 0 fully saturated rings. The third-order valence-electron chi connectivity index (χ3n) is 5.44. The molecule has 6 nitrogen and oxygen atoms in total. The summed E-state index contributed by atoms with van der Waals surface area (Å²) in [5, 5.41) is 5.86. The standard InChI is InChI=1S/C27H30N2O4/c1-18(2)25(27(31)28-22-17-21(32-3)15-16-23(22)33-4)29-26(30)24(19-11-7-5-8-12-19)20-13-9-6-10-14-20/h5-18,24-25H,1-4H3,(H,28,31)(H,29,30)/t25-/m0/s1. The third kappa shape index (κ3) is 5.92. The van der Waals surface area contributed by atoms with E-state index in [0.717, 1.165) is 11.1 Å². The van der Waals surface area contributed by atoms with Crippen molar-refractivity contribution in [2.45, 2.75) is 25.8 Å². The van der Waals surface area contributed by atoms with Crippen LogP contribution in [-0.4, -0.2) is 32.1 Å². The van der Waals surface area contributed by atoms with Crippen molar-refractivity contribution in [3.8, 4) is 11.5 Å². The fraction of sp³-hybridized carbons (Fsp3) is 0.259. The molecule has 0 radical (unpaired) electrons. The molecule has 0 spiro atoms. The van der Waals surface area contributed by atoms with Crippen molar-refractivity contribution in [2.24, 2.45) is 5.92 Å². The Kier molecular flexibility index (Phi) is 8.08. The van der Waals surface area contributed by atoms with Crippen LogP contribution in [0.4, 0.5) is 5.69 Å². The number of amides is 2. The van der Waals surface area contributed by atoms with Gasteiger partial charge in [-0.3, -0.25) is 9.59 Å². The highest BCUT2D eigenvalue weighted by atomic mass is 16.5. The lowest BCUT2D eigenvalue weighted by molar-refractivity contribution is -0.127. The van der Waals surface area contributed by atoms with Crippen molar-refractivity contribution < 1.29 is 19.1 Å². The van der Waals surface area contributed by atoms with Crippen LogP contribution in [-0.2, 0) is 9.59 Å². The molecule has 3 aromatic rings. The Morgan fingerprint density at radius 2 is 1.33 bits per heavy atom. The molecule has 0 bridgehead atoms. The Balaban J connectivity index is 1.86. The highest BCUT2D eigenvalue weighted by Crippen LogP contribution is 2.30. The van der Waals surface area contributed by atoms with Crippen LogP contribution in [0.25, 0.3) is 0 Å². The summed E-state index contributed by atoms with van der Waals surface area (Å²) >= 11 is 0. The van der Waals surface area contributed by atoms with Crippen molar-refractivity contribution in [1.29, 1.82) is 0 Å². The third-order valence-corrected chi connectivity index (χ3v) is 5.44. The van der Waals surface area contributed by atoms with Gasteiger partial charge in [0, 0.05) is 6.07 Å². The molecule has 2 amide bonds. The smallest absolute Gasteiger partial charge is 0.247 e. The van der Waals surface area contributed by atoms with Gasteiger partial charge in [-0.15, -0.1) is 0 Å². The van der Waals surface area contributed by atoms with E-state index in [9.17, 15) is 9.59 Å². The Hall–Kier alpha value is -3.80. The van der Waals surface area contributed by atoms with Crippen molar-refractivity contribution in [2.75, 3.05) is 19.5 Å². The molecular weight excluding hydrogens is 416 g/mol. The van der Waals surface area contributed by atoms with E-state index in [0.29, 0.717) is 17.2 Å². The lowest BCUT2D eigenvalue weighted by Crippen LogP contribution is -2.48. The average Bonchev–Trinajstić information content (AvgIpc) is 2.83. The summed E-state index contributed by atoms with van der Waals surface area (Å²) in [7, 11) is 3.08. The monoisotopic (exact) mass is 446 g/mol. The van der Waals surface area contributed by atoms with Crippen molar-refractivity contribution in [3.63, 3.8) is 0 Å². The van der Waals surface area contributed by atoms with Gasteiger partial charge in [-0.25, -0.2) is 0 Å². The van der Waals surface area contributed by atoms with Gasteiger partial charge in [0.15, 0.2) is 0 Å². The molecule has 0 aliphatic carbocycles. The van der Waals surface area contributed by atoms with E-state index < -0.39 is 12.0 Å². The molecule has 0 unspecified atom stereocenters. The molecular formula is C27H30N2O4. The molecule has 3 rings (SSSR count). The molecule has 2 N–H and O–H groups in total. The van der Waals surface area contributed by atoms with Crippen LogP contribution in [0.1, 0.15) is 30.9 Å². The number of nitrogens with one attached hydrogen (secondary N) is 2. The van der Waals surface area contributed by atoms with E-state index in [-0.39, 0.29) is 17.7 Å². The number of carbonyl (C=O) groups is 2. The minimum atomic E-state index is -0.747. The van der Waals surface area contributed by atoms with Gasteiger partial charge < -0.3 is 20.1 Å². The molecule has 0 aliphatic rings. The molecule has 172 valence electrons. The summed E-state index contributed by atoms with van der Waals surface area (Å²) in [5.41, 5.74) is 2.20. The van der Waals surface area contributed by atoms with Crippen LogP contribution in [0, 0.1) is 5.92 Å². The van der Waals surface area contributed by atoms with Gasteiger partial charge in [0.2, 0.25) is 11.8 Å². The quantitative estimate of drug-likeness (QED) is 0.503. The van der Waals surface area contributed by atoms with Crippen LogP contribution in [0.5, 0.6) is 11.5 Å². The fourth-order valence-electron chi connectivity index (χ4n) is 3.68. The van der Waals surface area contributed by atoms with Crippen molar-refractivity contribution in [1.82, 2.24) is 5.32 Å². The summed E-state index contributed by atoms with van der Waals surface area (Å²) in [6.07, 6.45) is 0. The van der Waals surface area contributed by atoms with Gasteiger partial charge >= 0.3 is 0 Å². The molecule has 6 heteroatoms. The molecule has 0 saturated carbocycles. The first-order chi connectivity index (χ1) is 15.9. The second-order valence-corrected chi connectivity index (χ2v) is 8.04. The van der Waals surface area contributed by atoms with Crippen LogP contribution in [0.3, 0.4) is 0 Å². The van der Waals surface area contributed by atoms with Crippen molar-refractivity contribution >= 4 is 17.5 Å². The summed E-state index contributed by atoms with van der Waals surface area (Å²) in [6, 6.07) is 23.5. The normalized spacial score (nSPS) is 11.7. The molecule has 0 aliphatic heterocycles. The number of ether oxygens (including phenoxy) is 2. The largest absolute Gasteiger partial charge is 0.497 e. The van der Waals surface area contributed by atoms with Gasteiger partial charge in [0.25, 0.3) is 0 Å². The van der Waals surface area contributed by atoms with Crippen LogP contribution in [0.2, 0.25) is 0 Å².